The van der Waals surface area contributed by atoms with Crippen LogP contribution in [0.15, 0.2) is 12.2 Å². The molecule has 1 aliphatic rings. The van der Waals surface area contributed by atoms with Crippen molar-refractivity contribution in [3.8, 4) is 0 Å². The van der Waals surface area contributed by atoms with Crippen LogP contribution in [0.5, 0.6) is 0 Å². The number of cyclic esters (lactones) is 1. The molecule has 72 valence electrons. The van der Waals surface area contributed by atoms with E-state index in [1.54, 1.807) is 26.8 Å². The first-order chi connectivity index (χ1) is 5.96. The van der Waals surface area contributed by atoms with Gasteiger partial charge in [0.05, 0.1) is 6.54 Å². The van der Waals surface area contributed by atoms with Gasteiger partial charge in [-0.3, -0.25) is 4.79 Å². The Labute approximate surface area is 77.2 Å². The van der Waals surface area contributed by atoms with Crippen molar-refractivity contribution in [2.24, 2.45) is 0 Å². The fourth-order valence-corrected chi connectivity index (χ4v) is 1.17. The SMILES string of the molecule is C/C=C/C(=O)N1CC(C)(C)OC1=O. The van der Waals surface area contributed by atoms with E-state index in [1.807, 2.05) is 0 Å². The normalized spacial score (nSPS) is 20.8. The standard InChI is InChI=1S/C9H13NO3/c1-4-5-7(11)10-6-9(2,3)13-8(10)12/h4-5H,6H2,1-3H3/b5-4+. The molecule has 0 atom stereocenters. The van der Waals surface area contributed by atoms with Gasteiger partial charge in [0.1, 0.15) is 5.60 Å². The Morgan fingerprint density at radius 2 is 2.23 bits per heavy atom. The fourth-order valence-electron chi connectivity index (χ4n) is 1.17. The van der Waals surface area contributed by atoms with Crippen molar-refractivity contribution < 1.29 is 14.3 Å². The van der Waals surface area contributed by atoms with Crippen molar-refractivity contribution in [3.63, 3.8) is 0 Å². The van der Waals surface area contributed by atoms with Crippen LogP contribution in [-0.4, -0.2) is 29.0 Å². The van der Waals surface area contributed by atoms with Crippen LogP contribution in [0.3, 0.4) is 0 Å². The van der Waals surface area contributed by atoms with E-state index in [0.717, 1.165) is 4.90 Å². The molecule has 0 aromatic heterocycles. The minimum Gasteiger partial charge on any atom is -0.441 e. The zero-order valence-electron chi connectivity index (χ0n) is 8.03. The number of hydrogen-bond donors (Lipinski definition) is 0. The summed E-state index contributed by atoms with van der Waals surface area (Å²) in [6.45, 7) is 5.58. The molecule has 0 aromatic rings. The third-order valence-corrected chi connectivity index (χ3v) is 1.70. The average molecular weight is 183 g/mol. The zero-order chi connectivity index (χ0) is 10.1. The quantitative estimate of drug-likeness (QED) is 0.576. The van der Waals surface area contributed by atoms with Crippen LogP contribution in [0.25, 0.3) is 0 Å². The predicted molar refractivity (Wildman–Crippen MR) is 47.1 cm³/mol. The third kappa shape index (κ3) is 2.08. The molecule has 1 aliphatic heterocycles. The summed E-state index contributed by atoms with van der Waals surface area (Å²) < 4.78 is 4.96. The molecule has 0 aromatic carbocycles. The maximum absolute atomic E-state index is 11.3. The molecule has 0 spiro atoms. The minimum atomic E-state index is -0.562. The average Bonchev–Trinajstić information content (AvgIpc) is 2.25. The molecule has 1 saturated heterocycles. The highest BCUT2D eigenvalue weighted by Crippen LogP contribution is 2.21. The molecule has 0 N–H and O–H groups in total. The first-order valence-electron chi connectivity index (χ1n) is 4.13. The second-order valence-electron chi connectivity index (χ2n) is 3.55. The van der Waals surface area contributed by atoms with Gasteiger partial charge in [-0.05, 0) is 26.8 Å². The maximum atomic E-state index is 11.3. The number of hydrogen-bond acceptors (Lipinski definition) is 3. The second kappa shape index (κ2) is 3.20. The van der Waals surface area contributed by atoms with Gasteiger partial charge >= 0.3 is 6.09 Å². The van der Waals surface area contributed by atoms with E-state index in [-0.39, 0.29) is 5.91 Å². The smallest absolute Gasteiger partial charge is 0.417 e. The van der Waals surface area contributed by atoms with Crippen LogP contribution in [0.2, 0.25) is 0 Å². The summed E-state index contributed by atoms with van der Waals surface area (Å²) in [7, 11) is 0. The number of carbonyl (C=O) groups excluding carboxylic acids is 2. The number of amides is 2. The monoisotopic (exact) mass is 183 g/mol. The lowest BCUT2D eigenvalue weighted by atomic mass is 10.1. The van der Waals surface area contributed by atoms with Crippen molar-refractivity contribution in [2.45, 2.75) is 26.4 Å². The molecule has 0 saturated carbocycles. The highest BCUT2D eigenvalue weighted by atomic mass is 16.6. The number of allylic oxidation sites excluding steroid dienone is 1. The Morgan fingerprint density at radius 1 is 1.62 bits per heavy atom. The zero-order valence-corrected chi connectivity index (χ0v) is 8.03. The lowest BCUT2D eigenvalue weighted by molar-refractivity contribution is -0.122. The lowest BCUT2D eigenvalue weighted by Gasteiger charge is -2.13. The third-order valence-electron chi connectivity index (χ3n) is 1.70. The van der Waals surface area contributed by atoms with Gasteiger partial charge in [0.2, 0.25) is 0 Å². The largest absolute Gasteiger partial charge is 0.441 e. The van der Waals surface area contributed by atoms with Crippen LogP contribution in [0.1, 0.15) is 20.8 Å². The van der Waals surface area contributed by atoms with Crippen LogP contribution >= 0.6 is 0 Å². The van der Waals surface area contributed by atoms with Crippen LogP contribution in [0, 0.1) is 0 Å². The molecular formula is C9H13NO3. The highest BCUT2D eigenvalue weighted by molar-refractivity contribution is 5.99. The van der Waals surface area contributed by atoms with Gasteiger partial charge in [0.25, 0.3) is 5.91 Å². The first-order valence-corrected chi connectivity index (χ1v) is 4.13. The van der Waals surface area contributed by atoms with Gasteiger partial charge in [-0.1, -0.05) is 6.08 Å². The molecule has 0 bridgehead atoms. The van der Waals surface area contributed by atoms with Crippen LogP contribution in [-0.2, 0) is 9.53 Å². The van der Waals surface area contributed by atoms with Gasteiger partial charge in [0, 0.05) is 0 Å². The van der Waals surface area contributed by atoms with Crippen LogP contribution in [0.4, 0.5) is 4.79 Å². The number of carbonyl (C=O) groups is 2. The number of ether oxygens (including phenoxy) is 1. The Morgan fingerprint density at radius 3 is 2.62 bits per heavy atom. The summed E-state index contributed by atoms with van der Waals surface area (Å²) in [6, 6.07) is 0. The van der Waals surface area contributed by atoms with E-state index in [0.29, 0.717) is 6.54 Å². The Bertz CT molecular complexity index is 268. The molecule has 0 radical (unpaired) electrons. The van der Waals surface area contributed by atoms with Gasteiger partial charge in [-0.25, -0.2) is 9.69 Å². The van der Waals surface area contributed by atoms with E-state index < -0.39 is 11.7 Å². The first kappa shape index (κ1) is 9.77. The van der Waals surface area contributed by atoms with Crippen molar-refractivity contribution in [2.75, 3.05) is 6.54 Å². The molecule has 1 fully saturated rings. The van der Waals surface area contributed by atoms with Gasteiger partial charge < -0.3 is 4.74 Å². The van der Waals surface area contributed by atoms with E-state index >= 15 is 0 Å². The van der Waals surface area contributed by atoms with E-state index in [1.165, 1.54) is 6.08 Å². The lowest BCUT2D eigenvalue weighted by Crippen LogP contribution is -2.32. The maximum Gasteiger partial charge on any atom is 0.417 e. The summed E-state index contributed by atoms with van der Waals surface area (Å²) in [5, 5.41) is 0. The Hall–Kier alpha value is -1.32. The molecule has 1 rings (SSSR count). The molecule has 0 aliphatic carbocycles. The fraction of sp³-hybridized carbons (Fsp3) is 0.556. The molecule has 0 unspecified atom stereocenters. The second-order valence-corrected chi connectivity index (χ2v) is 3.55. The van der Waals surface area contributed by atoms with E-state index in [4.69, 9.17) is 4.74 Å². The molecular weight excluding hydrogens is 170 g/mol. The topological polar surface area (TPSA) is 46.6 Å². The van der Waals surface area contributed by atoms with E-state index in [2.05, 4.69) is 0 Å². The molecule has 13 heavy (non-hydrogen) atoms. The Balaban J connectivity index is 2.74. The summed E-state index contributed by atoms with van der Waals surface area (Å²) in [5.74, 6) is -0.321. The van der Waals surface area contributed by atoms with E-state index in [9.17, 15) is 9.59 Å². The molecule has 4 heteroatoms. The van der Waals surface area contributed by atoms with Crippen LogP contribution < -0.4 is 0 Å². The van der Waals surface area contributed by atoms with Crippen molar-refractivity contribution in [1.29, 1.82) is 0 Å². The summed E-state index contributed by atoms with van der Waals surface area (Å²) in [5.41, 5.74) is -0.561. The van der Waals surface area contributed by atoms with Gasteiger partial charge in [-0.15, -0.1) is 0 Å². The van der Waals surface area contributed by atoms with Crippen molar-refractivity contribution >= 4 is 12.0 Å². The van der Waals surface area contributed by atoms with Gasteiger partial charge in [0.15, 0.2) is 0 Å². The summed E-state index contributed by atoms with van der Waals surface area (Å²) >= 11 is 0. The van der Waals surface area contributed by atoms with Crippen molar-refractivity contribution in [3.05, 3.63) is 12.2 Å². The van der Waals surface area contributed by atoms with Gasteiger partial charge in [-0.2, -0.15) is 0 Å². The minimum absolute atomic E-state index is 0.314. The molecule has 2 amide bonds. The summed E-state index contributed by atoms with van der Waals surface area (Å²) in [4.78, 5) is 23.5. The Kier molecular flexibility index (Phi) is 2.40. The number of imide groups is 1. The number of nitrogens with zero attached hydrogens (tertiary/aromatic N) is 1. The predicted octanol–water partition coefficient (Wildman–Crippen LogP) is 1.32. The summed E-state index contributed by atoms with van der Waals surface area (Å²) in [6.07, 6.45) is 2.39. The van der Waals surface area contributed by atoms with Crippen molar-refractivity contribution in [1.82, 2.24) is 4.90 Å². The molecule has 4 nitrogen and oxygen atoms in total. The molecule has 1 heterocycles. The highest BCUT2D eigenvalue weighted by Gasteiger charge is 2.40. The number of rotatable bonds is 1.